The van der Waals surface area contributed by atoms with Gasteiger partial charge in [-0.3, -0.25) is 4.90 Å². The smallest absolute Gasteiger partial charge is 0.355 e. The van der Waals surface area contributed by atoms with Crippen LogP contribution in [-0.4, -0.2) is 23.0 Å². The van der Waals surface area contributed by atoms with Crippen molar-refractivity contribution in [1.82, 2.24) is 4.98 Å². The van der Waals surface area contributed by atoms with E-state index < -0.39 is 5.97 Å². The van der Waals surface area contributed by atoms with Crippen molar-refractivity contribution in [1.29, 1.82) is 0 Å². The van der Waals surface area contributed by atoms with E-state index in [0.29, 0.717) is 17.1 Å². The number of aromatic amines is 1. The molecule has 0 bridgehead atoms. The molecule has 0 saturated carbocycles. The van der Waals surface area contributed by atoms with Gasteiger partial charge in [-0.25, -0.2) is 9.59 Å². The summed E-state index contributed by atoms with van der Waals surface area (Å²) in [7, 11) is 0. The maximum absolute atomic E-state index is 12.7. The van der Waals surface area contributed by atoms with Gasteiger partial charge in [-0.2, -0.15) is 0 Å². The summed E-state index contributed by atoms with van der Waals surface area (Å²) in [6, 6.07) is 19.9. The van der Waals surface area contributed by atoms with Gasteiger partial charge in [-0.05, 0) is 37.6 Å². The largest absolute Gasteiger partial charge is 0.456 e. The fraction of sp³-hybridized carbons (Fsp3) is 0.182. The van der Waals surface area contributed by atoms with Gasteiger partial charge < -0.3 is 15.0 Å². The van der Waals surface area contributed by atoms with Gasteiger partial charge in [0, 0.05) is 17.9 Å². The summed E-state index contributed by atoms with van der Waals surface area (Å²) in [5, 5.41) is 2.86. The standard InChI is InChI=1S/C22H23N3O3/c1-16(2)25(22(27)24-18-11-7-4-8-12-18)19-13-20(23-14-19)21(26)28-15-17-9-5-3-6-10-17/h3-14,16,23H,15H2,1-2H3,(H,24,27). The van der Waals surface area contributed by atoms with Gasteiger partial charge in [0.2, 0.25) is 0 Å². The molecule has 1 heterocycles. The fourth-order valence-corrected chi connectivity index (χ4v) is 2.80. The van der Waals surface area contributed by atoms with Crippen LogP contribution in [-0.2, 0) is 11.3 Å². The summed E-state index contributed by atoms with van der Waals surface area (Å²) in [5.74, 6) is -0.470. The van der Waals surface area contributed by atoms with E-state index in [1.54, 1.807) is 17.2 Å². The number of para-hydroxylation sites is 1. The third-order valence-corrected chi connectivity index (χ3v) is 4.14. The zero-order chi connectivity index (χ0) is 19.9. The Kier molecular flexibility index (Phi) is 6.11. The predicted octanol–water partition coefficient (Wildman–Crippen LogP) is 4.82. The van der Waals surface area contributed by atoms with E-state index in [1.165, 1.54) is 0 Å². The lowest BCUT2D eigenvalue weighted by atomic mass is 10.2. The minimum absolute atomic E-state index is 0.104. The second-order valence-electron chi connectivity index (χ2n) is 6.59. The molecule has 3 aromatic rings. The number of amides is 2. The minimum Gasteiger partial charge on any atom is -0.456 e. The molecule has 0 radical (unpaired) electrons. The monoisotopic (exact) mass is 377 g/mol. The first kappa shape index (κ1) is 19.2. The van der Waals surface area contributed by atoms with Crippen LogP contribution < -0.4 is 10.2 Å². The Morgan fingerprint density at radius 3 is 2.32 bits per heavy atom. The Balaban J connectivity index is 1.68. The molecule has 6 nitrogen and oxygen atoms in total. The maximum atomic E-state index is 12.7. The number of carbonyl (C=O) groups excluding carboxylic acids is 2. The Bertz CT molecular complexity index is 920. The Labute approximate surface area is 164 Å². The van der Waals surface area contributed by atoms with E-state index in [0.717, 1.165) is 5.56 Å². The van der Waals surface area contributed by atoms with E-state index in [-0.39, 0.29) is 18.7 Å². The minimum atomic E-state index is -0.470. The van der Waals surface area contributed by atoms with Crippen molar-refractivity contribution < 1.29 is 14.3 Å². The summed E-state index contributed by atoms with van der Waals surface area (Å²) < 4.78 is 5.33. The molecule has 2 N–H and O–H groups in total. The summed E-state index contributed by atoms with van der Waals surface area (Å²) in [6.45, 7) is 4.01. The van der Waals surface area contributed by atoms with Crippen LogP contribution in [0.2, 0.25) is 0 Å². The second kappa shape index (κ2) is 8.90. The number of carbonyl (C=O) groups is 2. The average Bonchev–Trinajstić information content (AvgIpc) is 3.17. The van der Waals surface area contributed by atoms with Gasteiger partial charge in [0.25, 0.3) is 0 Å². The molecule has 2 amide bonds. The Hall–Kier alpha value is -3.54. The molecule has 0 fully saturated rings. The lowest BCUT2D eigenvalue weighted by Gasteiger charge is -2.25. The molecule has 2 aromatic carbocycles. The molecular formula is C22H23N3O3. The van der Waals surface area contributed by atoms with Gasteiger partial charge in [0.05, 0.1) is 5.69 Å². The summed E-state index contributed by atoms with van der Waals surface area (Å²) in [5.41, 5.74) is 2.50. The Morgan fingerprint density at radius 2 is 1.68 bits per heavy atom. The van der Waals surface area contributed by atoms with E-state index in [1.807, 2.05) is 74.5 Å². The van der Waals surface area contributed by atoms with Gasteiger partial charge >= 0.3 is 12.0 Å². The van der Waals surface area contributed by atoms with Crippen LogP contribution in [0.1, 0.15) is 29.9 Å². The van der Waals surface area contributed by atoms with Gasteiger partial charge in [-0.15, -0.1) is 0 Å². The zero-order valence-electron chi connectivity index (χ0n) is 15.9. The second-order valence-corrected chi connectivity index (χ2v) is 6.59. The topological polar surface area (TPSA) is 74.4 Å². The van der Waals surface area contributed by atoms with E-state index in [9.17, 15) is 9.59 Å². The number of esters is 1. The lowest BCUT2D eigenvalue weighted by Crippen LogP contribution is -2.40. The van der Waals surface area contributed by atoms with Crippen LogP contribution in [0.25, 0.3) is 0 Å². The van der Waals surface area contributed by atoms with Crippen molar-refractivity contribution in [2.45, 2.75) is 26.5 Å². The number of hydrogen-bond donors (Lipinski definition) is 2. The van der Waals surface area contributed by atoms with Crippen molar-refractivity contribution >= 4 is 23.4 Å². The van der Waals surface area contributed by atoms with Crippen molar-refractivity contribution in [3.63, 3.8) is 0 Å². The number of nitrogens with zero attached hydrogens (tertiary/aromatic N) is 1. The highest BCUT2D eigenvalue weighted by Crippen LogP contribution is 2.21. The number of anilines is 2. The summed E-state index contributed by atoms with van der Waals surface area (Å²) in [4.78, 5) is 29.5. The van der Waals surface area contributed by atoms with Crippen LogP contribution in [0, 0.1) is 0 Å². The van der Waals surface area contributed by atoms with E-state index in [4.69, 9.17) is 4.74 Å². The first-order valence-corrected chi connectivity index (χ1v) is 9.09. The first-order chi connectivity index (χ1) is 13.5. The molecule has 0 spiro atoms. The number of rotatable bonds is 6. The summed E-state index contributed by atoms with van der Waals surface area (Å²) >= 11 is 0. The fourth-order valence-electron chi connectivity index (χ4n) is 2.80. The average molecular weight is 377 g/mol. The highest BCUT2D eigenvalue weighted by atomic mass is 16.5. The quantitative estimate of drug-likeness (QED) is 0.605. The molecule has 0 unspecified atom stereocenters. The molecular weight excluding hydrogens is 354 g/mol. The molecule has 0 atom stereocenters. The van der Waals surface area contributed by atoms with Crippen molar-refractivity contribution in [3.05, 3.63) is 84.2 Å². The number of hydrogen-bond acceptors (Lipinski definition) is 3. The number of H-pyrrole nitrogens is 1. The molecule has 144 valence electrons. The highest BCUT2D eigenvalue weighted by molar-refractivity contribution is 6.02. The van der Waals surface area contributed by atoms with Crippen molar-refractivity contribution in [2.24, 2.45) is 0 Å². The molecule has 0 aliphatic carbocycles. The van der Waals surface area contributed by atoms with Crippen LogP contribution in [0.4, 0.5) is 16.2 Å². The van der Waals surface area contributed by atoms with Gasteiger partial charge in [0.15, 0.2) is 0 Å². The third-order valence-electron chi connectivity index (χ3n) is 4.14. The van der Waals surface area contributed by atoms with Gasteiger partial charge in [0.1, 0.15) is 12.3 Å². The SMILES string of the molecule is CC(C)N(C(=O)Nc1ccccc1)c1c[nH]c(C(=O)OCc2ccccc2)c1. The van der Waals surface area contributed by atoms with E-state index in [2.05, 4.69) is 10.3 Å². The zero-order valence-corrected chi connectivity index (χ0v) is 15.9. The maximum Gasteiger partial charge on any atom is 0.355 e. The van der Waals surface area contributed by atoms with Crippen LogP contribution in [0.5, 0.6) is 0 Å². The molecule has 28 heavy (non-hydrogen) atoms. The van der Waals surface area contributed by atoms with Crippen LogP contribution in [0.3, 0.4) is 0 Å². The molecule has 1 aromatic heterocycles. The highest BCUT2D eigenvalue weighted by Gasteiger charge is 2.22. The number of urea groups is 1. The molecule has 0 saturated heterocycles. The lowest BCUT2D eigenvalue weighted by molar-refractivity contribution is 0.0466. The van der Waals surface area contributed by atoms with E-state index >= 15 is 0 Å². The Morgan fingerprint density at radius 1 is 1.04 bits per heavy atom. The molecule has 6 heteroatoms. The number of nitrogens with one attached hydrogen (secondary N) is 2. The van der Waals surface area contributed by atoms with Crippen LogP contribution in [0.15, 0.2) is 72.9 Å². The molecule has 0 aliphatic heterocycles. The van der Waals surface area contributed by atoms with Crippen molar-refractivity contribution in [2.75, 3.05) is 10.2 Å². The van der Waals surface area contributed by atoms with Crippen LogP contribution >= 0.6 is 0 Å². The molecule has 3 rings (SSSR count). The number of aromatic nitrogens is 1. The van der Waals surface area contributed by atoms with Gasteiger partial charge in [-0.1, -0.05) is 48.5 Å². The normalized spacial score (nSPS) is 10.5. The summed E-state index contributed by atoms with van der Waals surface area (Å²) in [6.07, 6.45) is 1.63. The predicted molar refractivity (Wildman–Crippen MR) is 109 cm³/mol. The first-order valence-electron chi connectivity index (χ1n) is 9.09. The number of benzene rings is 2. The molecule has 0 aliphatic rings. The van der Waals surface area contributed by atoms with Crippen molar-refractivity contribution in [3.8, 4) is 0 Å². The third kappa shape index (κ3) is 4.79. The number of ether oxygens (including phenoxy) is 1.